The zero-order chi connectivity index (χ0) is 15.6. The van der Waals surface area contributed by atoms with E-state index in [0.717, 1.165) is 25.9 Å². The third-order valence-corrected chi connectivity index (χ3v) is 4.96. The maximum atomic E-state index is 13.2. The molecule has 1 N–H and O–H groups in total. The Balaban J connectivity index is 1.53. The van der Waals surface area contributed by atoms with Crippen molar-refractivity contribution in [1.29, 1.82) is 0 Å². The molecule has 0 aromatic rings. The summed E-state index contributed by atoms with van der Waals surface area (Å²) in [4.78, 5) is 7.40. The molecule has 2 fully saturated rings. The van der Waals surface area contributed by atoms with E-state index in [2.05, 4.69) is 17.4 Å². The summed E-state index contributed by atoms with van der Waals surface area (Å²) in [5.74, 6) is -1.83. The summed E-state index contributed by atoms with van der Waals surface area (Å²) in [7, 11) is 0. The van der Waals surface area contributed by atoms with Gasteiger partial charge in [-0.1, -0.05) is 12.1 Å². The highest BCUT2D eigenvalue weighted by Crippen LogP contribution is 2.33. The Hall–Kier alpha value is -0.950. The second-order valence-corrected chi connectivity index (χ2v) is 6.90. The Morgan fingerprint density at radius 1 is 1.23 bits per heavy atom. The minimum atomic E-state index is -2.50. The van der Waals surface area contributed by atoms with Crippen LogP contribution >= 0.6 is 0 Å². The summed E-state index contributed by atoms with van der Waals surface area (Å²) in [5, 5.41) is 7.45. The van der Waals surface area contributed by atoms with E-state index in [1.807, 2.05) is 4.90 Å². The van der Waals surface area contributed by atoms with E-state index in [9.17, 15) is 8.78 Å². The first-order chi connectivity index (χ1) is 10.5. The highest BCUT2D eigenvalue weighted by atomic mass is 19.3. The molecule has 3 rings (SSSR count). The zero-order valence-electron chi connectivity index (χ0n) is 13.1. The molecule has 1 atom stereocenters. The van der Waals surface area contributed by atoms with Gasteiger partial charge >= 0.3 is 0 Å². The first kappa shape index (κ1) is 15.9. The number of hydrogen-bond donors (Lipinski definition) is 1. The van der Waals surface area contributed by atoms with Gasteiger partial charge in [-0.3, -0.25) is 4.90 Å². The van der Waals surface area contributed by atoms with E-state index in [4.69, 9.17) is 9.57 Å². The van der Waals surface area contributed by atoms with Gasteiger partial charge in [-0.2, -0.15) is 0 Å². The molecular formula is C15H25F2N3O2. The molecule has 5 nitrogen and oxygen atoms in total. The summed E-state index contributed by atoms with van der Waals surface area (Å²) in [6.45, 7) is 5.91. The van der Waals surface area contributed by atoms with E-state index < -0.39 is 5.92 Å². The molecule has 2 saturated heterocycles. The SMILES string of the molecule is CC1(C2=NOCC(CN3CCC(F)(F)CC3)O2)CCNCC1. The highest BCUT2D eigenvalue weighted by molar-refractivity contribution is 5.82. The largest absolute Gasteiger partial charge is 0.470 e. The molecule has 0 saturated carbocycles. The molecule has 0 amide bonds. The van der Waals surface area contributed by atoms with Crippen molar-refractivity contribution in [3.05, 3.63) is 0 Å². The smallest absolute Gasteiger partial charge is 0.250 e. The molecule has 0 spiro atoms. The van der Waals surface area contributed by atoms with Crippen LogP contribution in [0.15, 0.2) is 5.16 Å². The number of halogens is 2. The van der Waals surface area contributed by atoms with E-state index >= 15 is 0 Å². The molecule has 3 heterocycles. The fourth-order valence-corrected chi connectivity index (χ4v) is 3.28. The van der Waals surface area contributed by atoms with Crippen molar-refractivity contribution in [3.8, 4) is 0 Å². The predicted octanol–water partition coefficient (Wildman–Crippen LogP) is 1.84. The van der Waals surface area contributed by atoms with Crippen molar-refractivity contribution in [2.75, 3.05) is 39.3 Å². The molecule has 7 heteroatoms. The molecule has 0 bridgehead atoms. The van der Waals surface area contributed by atoms with Gasteiger partial charge in [0, 0.05) is 37.9 Å². The molecular weight excluding hydrogens is 292 g/mol. The molecule has 0 aromatic carbocycles. The van der Waals surface area contributed by atoms with Crippen molar-refractivity contribution in [2.45, 2.75) is 44.6 Å². The number of ether oxygens (including phenoxy) is 1. The average molecular weight is 317 g/mol. The van der Waals surface area contributed by atoms with Crippen LogP contribution in [-0.4, -0.2) is 62.2 Å². The van der Waals surface area contributed by atoms with Gasteiger partial charge in [0.2, 0.25) is 5.90 Å². The van der Waals surface area contributed by atoms with Crippen molar-refractivity contribution >= 4 is 5.90 Å². The molecule has 0 aliphatic carbocycles. The summed E-state index contributed by atoms with van der Waals surface area (Å²) < 4.78 is 32.5. The molecule has 3 aliphatic heterocycles. The average Bonchev–Trinajstić information content (AvgIpc) is 2.51. The molecule has 1 unspecified atom stereocenters. The predicted molar refractivity (Wildman–Crippen MR) is 79.1 cm³/mol. The van der Waals surface area contributed by atoms with Crippen LogP contribution in [0.3, 0.4) is 0 Å². The van der Waals surface area contributed by atoms with Crippen molar-refractivity contribution < 1.29 is 18.4 Å². The fourth-order valence-electron chi connectivity index (χ4n) is 3.28. The van der Waals surface area contributed by atoms with E-state index in [-0.39, 0.29) is 24.4 Å². The van der Waals surface area contributed by atoms with Gasteiger partial charge in [-0.05, 0) is 25.9 Å². The van der Waals surface area contributed by atoms with Crippen molar-refractivity contribution in [3.63, 3.8) is 0 Å². The lowest BCUT2D eigenvalue weighted by Gasteiger charge is -2.39. The van der Waals surface area contributed by atoms with Crippen LogP contribution < -0.4 is 5.32 Å². The Labute approximate surface area is 130 Å². The number of hydrogen-bond acceptors (Lipinski definition) is 5. The van der Waals surface area contributed by atoms with Gasteiger partial charge in [0.05, 0.1) is 0 Å². The first-order valence-corrected chi connectivity index (χ1v) is 8.15. The standard InChI is InChI=1S/C15H25F2N3O2/c1-14(2-6-18-7-3-14)13-19-21-11-12(22-13)10-20-8-4-15(16,17)5-9-20/h12,18H,2-11H2,1H3. The lowest BCUT2D eigenvalue weighted by molar-refractivity contribution is -0.0710. The summed E-state index contributed by atoms with van der Waals surface area (Å²) in [6.07, 6.45) is 1.69. The Kier molecular flexibility index (Phi) is 4.54. The third-order valence-electron chi connectivity index (χ3n) is 4.96. The first-order valence-electron chi connectivity index (χ1n) is 8.15. The van der Waals surface area contributed by atoms with Gasteiger partial charge in [0.1, 0.15) is 6.10 Å². The molecule has 0 radical (unpaired) electrons. The van der Waals surface area contributed by atoms with E-state index in [0.29, 0.717) is 32.1 Å². The maximum absolute atomic E-state index is 13.2. The van der Waals surface area contributed by atoms with E-state index in [1.54, 1.807) is 0 Å². The number of likely N-dealkylation sites (tertiary alicyclic amines) is 1. The maximum Gasteiger partial charge on any atom is 0.250 e. The summed E-state index contributed by atoms with van der Waals surface area (Å²) in [5.41, 5.74) is -0.0845. The van der Waals surface area contributed by atoms with Crippen LogP contribution in [-0.2, 0) is 9.57 Å². The molecule has 3 aliphatic rings. The number of oxime groups is 1. The lowest BCUT2D eigenvalue weighted by Crippen LogP contribution is -2.48. The number of rotatable bonds is 3. The minimum Gasteiger partial charge on any atom is -0.470 e. The van der Waals surface area contributed by atoms with Crippen LogP contribution in [0.1, 0.15) is 32.6 Å². The second kappa shape index (κ2) is 6.28. The zero-order valence-corrected chi connectivity index (χ0v) is 13.1. The van der Waals surface area contributed by atoms with Crippen LogP contribution in [0.5, 0.6) is 0 Å². The highest BCUT2D eigenvalue weighted by Gasteiger charge is 2.39. The molecule has 126 valence electrons. The normalized spacial score (nSPS) is 31.8. The Morgan fingerprint density at radius 2 is 1.91 bits per heavy atom. The van der Waals surface area contributed by atoms with Crippen LogP contribution in [0.2, 0.25) is 0 Å². The monoisotopic (exact) mass is 317 g/mol. The minimum absolute atomic E-state index is 0.0646. The summed E-state index contributed by atoms with van der Waals surface area (Å²) >= 11 is 0. The topological polar surface area (TPSA) is 46.1 Å². The molecule has 0 aromatic heterocycles. The number of piperidine rings is 2. The van der Waals surface area contributed by atoms with Crippen molar-refractivity contribution in [2.24, 2.45) is 10.6 Å². The molecule has 22 heavy (non-hydrogen) atoms. The Bertz CT molecular complexity index is 415. The summed E-state index contributed by atoms with van der Waals surface area (Å²) in [6, 6.07) is 0. The number of alkyl halides is 2. The lowest BCUT2D eigenvalue weighted by atomic mass is 9.80. The van der Waals surface area contributed by atoms with Gasteiger partial charge in [-0.15, -0.1) is 0 Å². The number of nitrogens with zero attached hydrogens (tertiary/aromatic N) is 2. The van der Waals surface area contributed by atoms with Crippen LogP contribution in [0.4, 0.5) is 8.78 Å². The number of nitrogens with one attached hydrogen (secondary N) is 1. The van der Waals surface area contributed by atoms with Gasteiger partial charge in [0.25, 0.3) is 5.92 Å². The third kappa shape index (κ3) is 3.68. The van der Waals surface area contributed by atoms with Crippen LogP contribution in [0, 0.1) is 5.41 Å². The second-order valence-electron chi connectivity index (χ2n) is 6.90. The van der Waals surface area contributed by atoms with Gasteiger partial charge in [0.15, 0.2) is 6.61 Å². The van der Waals surface area contributed by atoms with Crippen molar-refractivity contribution in [1.82, 2.24) is 10.2 Å². The fraction of sp³-hybridized carbons (Fsp3) is 0.933. The Morgan fingerprint density at radius 3 is 2.59 bits per heavy atom. The van der Waals surface area contributed by atoms with Gasteiger partial charge < -0.3 is 14.9 Å². The quantitative estimate of drug-likeness (QED) is 0.863. The van der Waals surface area contributed by atoms with E-state index in [1.165, 1.54) is 0 Å². The van der Waals surface area contributed by atoms with Gasteiger partial charge in [-0.25, -0.2) is 8.78 Å². The van der Waals surface area contributed by atoms with Crippen LogP contribution in [0.25, 0.3) is 0 Å².